The predicted molar refractivity (Wildman–Crippen MR) is 111 cm³/mol. The van der Waals surface area contributed by atoms with Gasteiger partial charge in [0.15, 0.2) is 0 Å². The summed E-state index contributed by atoms with van der Waals surface area (Å²) in [4.78, 5) is 16.9. The monoisotopic (exact) mass is 392 g/mol. The minimum absolute atomic E-state index is 0.0324. The first kappa shape index (κ1) is 20.4. The number of hydrogen-bond acceptors (Lipinski definition) is 4. The maximum Gasteiger partial charge on any atom is 0.317 e. The second kappa shape index (κ2) is 8.11. The van der Waals surface area contributed by atoms with E-state index >= 15 is 0 Å². The molecule has 1 heterocycles. The van der Waals surface area contributed by atoms with Crippen molar-refractivity contribution < 1.29 is 9.90 Å². The number of hydrogen-bond donors (Lipinski definition) is 3. The fourth-order valence-electron chi connectivity index (χ4n) is 6.91. The number of urea groups is 1. The third-order valence-electron chi connectivity index (χ3n) is 8.31. The van der Waals surface area contributed by atoms with Crippen molar-refractivity contribution >= 4 is 6.03 Å². The first-order chi connectivity index (χ1) is 13.3. The Morgan fingerprint density at radius 2 is 1.75 bits per heavy atom. The lowest BCUT2D eigenvalue weighted by molar-refractivity contribution is -0.0532. The molecule has 6 heteroatoms. The summed E-state index contributed by atoms with van der Waals surface area (Å²) in [7, 11) is 1.91. The second-order valence-electron chi connectivity index (χ2n) is 10.5. The molecule has 0 spiro atoms. The summed E-state index contributed by atoms with van der Waals surface area (Å²) in [6.07, 6.45) is 8.46. The molecule has 0 aromatic heterocycles. The first-order valence-electron chi connectivity index (χ1n) is 11.5. The molecular weight excluding hydrogens is 352 g/mol. The van der Waals surface area contributed by atoms with Crippen LogP contribution in [-0.2, 0) is 0 Å². The number of amides is 2. The van der Waals surface area contributed by atoms with Gasteiger partial charge < -0.3 is 26.0 Å². The highest BCUT2D eigenvalue weighted by molar-refractivity contribution is 5.74. The Kier molecular flexibility index (Phi) is 5.92. The van der Waals surface area contributed by atoms with Crippen molar-refractivity contribution in [2.45, 2.75) is 63.5 Å². The number of nitrogens with zero attached hydrogens (tertiary/aromatic N) is 2. The van der Waals surface area contributed by atoms with Crippen LogP contribution in [0.1, 0.15) is 51.9 Å². The standard InChI is InChI=1S/C22H40N4O2/c1-15(27)12-26-5-3-16(4-6-26)13-25(2)21(28)24-14-22(23)19-8-17-7-18(10-19)11-20(22)9-17/h15-20,27H,3-14,23H2,1-2H3,(H,24,28). The van der Waals surface area contributed by atoms with Crippen LogP contribution in [0.4, 0.5) is 4.79 Å². The van der Waals surface area contributed by atoms with Gasteiger partial charge in [-0.3, -0.25) is 0 Å². The Morgan fingerprint density at radius 3 is 2.29 bits per heavy atom. The lowest BCUT2D eigenvalue weighted by atomic mass is 9.49. The zero-order chi connectivity index (χ0) is 19.9. The molecule has 1 unspecified atom stereocenters. The minimum atomic E-state index is -0.265. The van der Waals surface area contributed by atoms with Crippen molar-refractivity contribution in [3.63, 3.8) is 0 Å². The molecule has 6 nitrogen and oxygen atoms in total. The first-order valence-corrected chi connectivity index (χ1v) is 11.5. The summed E-state index contributed by atoms with van der Waals surface area (Å²) in [5.41, 5.74) is 6.74. The molecule has 160 valence electrons. The highest BCUT2D eigenvalue weighted by Crippen LogP contribution is 2.57. The highest BCUT2D eigenvalue weighted by atomic mass is 16.3. The smallest absolute Gasteiger partial charge is 0.317 e. The molecule has 4 bridgehead atoms. The predicted octanol–water partition coefficient (Wildman–Crippen LogP) is 1.87. The Bertz CT molecular complexity index is 531. The van der Waals surface area contributed by atoms with E-state index in [1.54, 1.807) is 0 Å². The van der Waals surface area contributed by atoms with Gasteiger partial charge >= 0.3 is 6.03 Å². The summed E-state index contributed by atoms with van der Waals surface area (Å²) >= 11 is 0. The molecule has 0 aromatic carbocycles. The largest absolute Gasteiger partial charge is 0.392 e. The van der Waals surface area contributed by atoms with E-state index in [9.17, 15) is 9.90 Å². The molecule has 4 aliphatic carbocycles. The molecule has 5 aliphatic rings. The van der Waals surface area contributed by atoms with Crippen LogP contribution in [0.5, 0.6) is 0 Å². The number of likely N-dealkylation sites (tertiary alicyclic amines) is 1. The molecule has 5 rings (SSSR count). The van der Waals surface area contributed by atoms with Gasteiger partial charge in [-0.05, 0) is 94.5 Å². The van der Waals surface area contributed by atoms with Crippen LogP contribution < -0.4 is 11.1 Å². The maximum atomic E-state index is 12.7. The van der Waals surface area contributed by atoms with Gasteiger partial charge in [0.25, 0.3) is 0 Å². The SMILES string of the molecule is CC(O)CN1CCC(CN(C)C(=O)NCC2(N)C3CC4CC(C3)CC2C4)CC1. The molecule has 1 saturated heterocycles. The Hall–Kier alpha value is -0.850. The molecule has 0 radical (unpaired) electrons. The molecule has 28 heavy (non-hydrogen) atoms. The van der Waals surface area contributed by atoms with E-state index in [1.165, 1.54) is 32.1 Å². The molecule has 4 N–H and O–H groups in total. The third-order valence-corrected chi connectivity index (χ3v) is 8.31. The zero-order valence-electron chi connectivity index (χ0n) is 17.8. The average Bonchev–Trinajstić information content (AvgIpc) is 2.65. The van der Waals surface area contributed by atoms with Crippen LogP contribution in [0.3, 0.4) is 0 Å². The summed E-state index contributed by atoms with van der Waals surface area (Å²) in [5.74, 6) is 3.56. The van der Waals surface area contributed by atoms with Crippen molar-refractivity contribution in [1.82, 2.24) is 15.1 Å². The summed E-state index contributed by atoms with van der Waals surface area (Å²) in [5, 5.41) is 12.7. The lowest BCUT2D eigenvalue weighted by Gasteiger charge is -2.59. The van der Waals surface area contributed by atoms with Crippen molar-refractivity contribution in [1.29, 1.82) is 0 Å². The van der Waals surface area contributed by atoms with Gasteiger partial charge in [0, 0.05) is 32.2 Å². The summed E-state index contributed by atoms with van der Waals surface area (Å²) in [6.45, 7) is 6.08. The van der Waals surface area contributed by atoms with E-state index in [0.717, 1.165) is 50.9 Å². The van der Waals surface area contributed by atoms with Gasteiger partial charge in [0.05, 0.1) is 6.10 Å². The topological polar surface area (TPSA) is 81.8 Å². The van der Waals surface area contributed by atoms with Gasteiger partial charge in [0.1, 0.15) is 0 Å². The van der Waals surface area contributed by atoms with E-state index in [2.05, 4.69) is 10.2 Å². The number of carbonyl (C=O) groups excluding carboxylic acids is 1. The Balaban J connectivity index is 1.22. The zero-order valence-corrected chi connectivity index (χ0v) is 17.8. The number of aliphatic hydroxyl groups is 1. The molecule has 1 atom stereocenters. The molecule has 5 fully saturated rings. The van der Waals surface area contributed by atoms with Gasteiger partial charge in [-0.15, -0.1) is 0 Å². The van der Waals surface area contributed by atoms with Crippen molar-refractivity contribution in [2.75, 3.05) is 39.8 Å². The molecule has 4 saturated carbocycles. The number of β-amino-alcohol motifs (C(OH)–C–C–N with tert-alkyl or cyclic N) is 1. The number of aliphatic hydroxyl groups excluding tert-OH is 1. The quantitative estimate of drug-likeness (QED) is 0.645. The molecule has 0 aromatic rings. The van der Waals surface area contributed by atoms with Crippen LogP contribution in [-0.4, -0.2) is 72.4 Å². The van der Waals surface area contributed by atoms with Crippen LogP contribution in [0.15, 0.2) is 0 Å². The fourth-order valence-corrected chi connectivity index (χ4v) is 6.91. The van der Waals surface area contributed by atoms with E-state index in [1.807, 2.05) is 18.9 Å². The number of carbonyl (C=O) groups is 1. The van der Waals surface area contributed by atoms with Crippen molar-refractivity contribution in [3.05, 3.63) is 0 Å². The van der Waals surface area contributed by atoms with E-state index in [-0.39, 0.29) is 17.7 Å². The Morgan fingerprint density at radius 1 is 1.18 bits per heavy atom. The van der Waals surface area contributed by atoms with E-state index < -0.39 is 0 Å². The minimum Gasteiger partial charge on any atom is -0.392 e. The van der Waals surface area contributed by atoms with Gasteiger partial charge in [-0.2, -0.15) is 0 Å². The fraction of sp³-hybridized carbons (Fsp3) is 0.955. The second-order valence-corrected chi connectivity index (χ2v) is 10.5. The number of nitrogens with two attached hydrogens (primary N) is 1. The highest BCUT2D eigenvalue weighted by Gasteiger charge is 2.55. The van der Waals surface area contributed by atoms with Crippen molar-refractivity contribution in [3.8, 4) is 0 Å². The molecule has 2 amide bonds. The Labute approximate surface area is 170 Å². The summed E-state index contributed by atoms with van der Waals surface area (Å²) in [6, 6.07) is 0.0324. The van der Waals surface area contributed by atoms with Gasteiger partial charge in [-0.25, -0.2) is 4.79 Å². The van der Waals surface area contributed by atoms with Gasteiger partial charge in [0.2, 0.25) is 0 Å². The third kappa shape index (κ3) is 4.19. The van der Waals surface area contributed by atoms with Crippen LogP contribution in [0, 0.1) is 29.6 Å². The number of rotatable bonds is 6. The van der Waals surface area contributed by atoms with E-state index in [0.29, 0.717) is 24.3 Å². The van der Waals surface area contributed by atoms with Crippen LogP contribution in [0.25, 0.3) is 0 Å². The summed E-state index contributed by atoms with van der Waals surface area (Å²) < 4.78 is 0. The number of piperidine rings is 1. The molecule has 1 aliphatic heterocycles. The van der Waals surface area contributed by atoms with E-state index in [4.69, 9.17) is 5.73 Å². The van der Waals surface area contributed by atoms with Gasteiger partial charge in [-0.1, -0.05) is 0 Å². The lowest BCUT2D eigenvalue weighted by Crippen LogP contribution is -2.67. The average molecular weight is 393 g/mol. The normalized spacial score (nSPS) is 39.1. The number of nitrogens with one attached hydrogen (secondary N) is 1. The van der Waals surface area contributed by atoms with Crippen molar-refractivity contribution in [2.24, 2.45) is 35.3 Å². The maximum absolute atomic E-state index is 12.7. The van der Waals surface area contributed by atoms with Crippen LogP contribution in [0.2, 0.25) is 0 Å². The molecular formula is C22H40N4O2. The van der Waals surface area contributed by atoms with Crippen LogP contribution >= 0.6 is 0 Å².